The van der Waals surface area contributed by atoms with E-state index >= 15 is 0 Å². The van der Waals surface area contributed by atoms with E-state index in [-0.39, 0.29) is 33.8 Å². The number of ether oxygens (including phenoxy) is 2. The van der Waals surface area contributed by atoms with Crippen LogP contribution in [0.4, 0.5) is 18.9 Å². The van der Waals surface area contributed by atoms with Crippen molar-refractivity contribution in [2.75, 3.05) is 6.61 Å². The summed E-state index contributed by atoms with van der Waals surface area (Å²) >= 11 is 15.0. The second kappa shape index (κ2) is 13.6. The summed E-state index contributed by atoms with van der Waals surface area (Å²) in [6.45, 7) is 1.25. The molecular formula is C30H19Cl2F3IN3O6S. The molecule has 1 aromatic heterocycles. The Kier molecular flexibility index (Phi) is 9.91. The molecule has 4 aromatic rings. The number of carbonyl (C=O) groups excluding carboxylic acids is 1. The zero-order chi connectivity index (χ0) is 33.3. The lowest BCUT2D eigenvalue weighted by Gasteiger charge is -2.26. The molecule has 0 saturated heterocycles. The number of fused-ring (bicyclic) bond motifs is 1. The van der Waals surface area contributed by atoms with Crippen LogP contribution in [0.1, 0.15) is 29.7 Å². The van der Waals surface area contributed by atoms with Crippen LogP contribution in [-0.4, -0.2) is 28.2 Å². The van der Waals surface area contributed by atoms with E-state index in [2.05, 4.69) is 4.99 Å². The second-order valence-corrected chi connectivity index (χ2v) is 12.7. The Bertz CT molecular complexity index is 2060. The summed E-state index contributed by atoms with van der Waals surface area (Å²) in [4.78, 5) is 40.9. The number of hydrogen-bond acceptors (Lipinski definition) is 8. The Labute approximate surface area is 285 Å². The number of aromatic nitrogens is 1. The van der Waals surface area contributed by atoms with Crippen molar-refractivity contribution < 1.29 is 32.4 Å². The molecule has 3 aromatic carbocycles. The molecule has 0 unspecified atom stereocenters. The molecule has 0 spiro atoms. The van der Waals surface area contributed by atoms with E-state index in [1.807, 2.05) is 22.6 Å². The maximum Gasteiger partial charge on any atom is 0.434 e. The number of alkyl halides is 3. The monoisotopic (exact) mass is 803 g/mol. The summed E-state index contributed by atoms with van der Waals surface area (Å²) in [6, 6.07) is 13.1. The maximum atomic E-state index is 14.4. The van der Waals surface area contributed by atoms with Crippen molar-refractivity contribution >= 4 is 74.9 Å². The highest BCUT2D eigenvalue weighted by Gasteiger charge is 2.45. The Morgan fingerprint density at radius 3 is 2.41 bits per heavy atom. The third-order valence-corrected chi connectivity index (χ3v) is 8.89. The summed E-state index contributed by atoms with van der Waals surface area (Å²) in [7, 11) is 0. The number of rotatable bonds is 8. The number of nitro groups is 1. The van der Waals surface area contributed by atoms with Crippen LogP contribution in [0, 0.1) is 13.7 Å². The highest BCUT2D eigenvalue weighted by Crippen LogP contribution is 2.38. The fraction of sp³-hybridized carbons (Fsp3) is 0.167. The molecular weight excluding hydrogens is 785 g/mol. The first kappa shape index (κ1) is 33.6. The summed E-state index contributed by atoms with van der Waals surface area (Å²) in [5.74, 6) is -0.953. The molecule has 1 aliphatic heterocycles. The number of nitro benzene ring substituents is 1. The molecule has 0 aliphatic carbocycles. The van der Waals surface area contributed by atoms with Gasteiger partial charge in [-0.25, -0.2) is 9.79 Å². The SMILES string of the molecule is CCOC(=O)C1=C(C(F)(F)F)N=c2s/c(=C\c3cc(Cl)cc(I)c3OCc3ccc([N+](=O)[O-])cc3)c(=O)n2[C@H]1c1ccc(Cl)cc1. The van der Waals surface area contributed by atoms with Gasteiger partial charge in [-0.3, -0.25) is 19.5 Å². The zero-order valence-electron chi connectivity index (χ0n) is 23.3. The van der Waals surface area contributed by atoms with Gasteiger partial charge in [0.15, 0.2) is 10.5 Å². The van der Waals surface area contributed by atoms with Gasteiger partial charge in [0.25, 0.3) is 11.2 Å². The van der Waals surface area contributed by atoms with Gasteiger partial charge in [-0.1, -0.05) is 46.7 Å². The van der Waals surface area contributed by atoms with Crippen molar-refractivity contribution in [2.45, 2.75) is 25.7 Å². The smallest absolute Gasteiger partial charge is 0.434 e. The first-order chi connectivity index (χ1) is 21.8. The molecule has 0 fully saturated rings. The van der Waals surface area contributed by atoms with Gasteiger partial charge in [-0.15, -0.1) is 0 Å². The fourth-order valence-electron chi connectivity index (χ4n) is 4.65. The minimum atomic E-state index is -5.05. The molecule has 1 aliphatic rings. The molecule has 0 radical (unpaired) electrons. The number of halogens is 6. The number of non-ortho nitro benzene ring substituents is 1. The van der Waals surface area contributed by atoms with Crippen molar-refractivity contribution in [1.29, 1.82) is 0 Å². The topological polar surface area (TPSA) is 113 Å². The molecule has 0 amide bonds. The van der Waals surface area contributed by atoms with Gasteiger partial charge in [0.2, 0.25) is 0 Å². The Morgan fingerprint density at radius 2 is 1.80 bits per heavy atom. The number of hydrogen-bond donors (Lipinski definition) is 0. The lowest BCUT2D eigenvalue weighted by atomic mass is 9.95. The van der Waals surface area contributed by atoms with Crippen molar-refractivity contribution in [3.8, 4) is 5.75 Å². The summed E-state index contributed by atoms with van der Waals surface area (Å²) < 4.78 is 55.8. The first-order valence-corrected chi connectivity index (χ1v) is 15.8. The van der Waals surface area contributed by atoms with Crippen molar-refractivity contribution in [3.05, 3.63) is 132 Å². The Morgan fingerprint density at radius 1 is 1.13 bits per heavy atom. The molecule has 16 heteroatoms. The number of benzene rings is 3. The van der Waals surface area contributed by atoms with E-state index in [9.17, 15) is 32.9 Å². The maximum absolute atomic E-state index is 14.4. The van der Waals surface area contributed by atoms with Gasteiger partial charge in [-0.05, 0) is 83.1 Å². The van der Waals surface area contributed by atoms with E-state index in [4.69, 9.17) is 32.7 Å². The third kappa shape index (κ3) is 6.99. The first-order valence-electron chi connectivity index (χ1n) is 13.2. The van der Waals surface area contributed by atoms with Crippen LogP contribution in [0.5, 0.6) is 5.75 Å². The Balaban J connectivity index is 1.67. The molecule has 2 heterocycles. The zero-order valence-corrected chi connectivity index (χ0v) is 27.8. The van der Waals surface area contributed by atoms with Crippen LogP contribution >= 0.6 is 57.1 Å². The van der Waals surface area contributed by atoms with Crippen LogP contribution in [0.2, 0.25) is 10.0 Å². The van der Waals surface area contributed by atoms with E-state index in [1.165, 1.54) is 67.6 Å². The van der Waals surface area contributed by atoms with Gasteiger partial charge in [0.1, 0.15) is 12.4 Å². The van der Waals surface area contributed by atoms with E-state index in [0.717, 1.165) is 4.57 Å². The Hall–Kier alpha value is -3.73. The van der Waals surface area contributed by atoms with Gasteiger partial charge in [-0.2, -0.15) is 13.2 Å². The highest BCUT2D eigenvalue weighted by atomic mass is 127. The molecule has 5 rings (SSSR count). The molecule has 0 N–H and O–H groups in total. The van der Waals surface area contributed by atoms with Gasteiger partial charge in [0.05, 0.1) is 31.2 Å². The number of thiazole rings is 1. The largest absolute Gasteiger partial charge is 0.487 e. The molecule has 46 heavy (non-hydrogen) atoms. The normalized spacial score (nSPS) is 14.9. The highest BCUT2D eigenvalue weighted by molar-refractivity contribution is 14.1. The minimum absolute atomic E-state index is 0.00608. The predicted molar refractivity (Wildman–Crippen MR) is 174 cm³/mol. The lowest BCUT2D eigenvalue weighted by Crippen LogP contribution is -2.41. The van der Waals surface area contributed by atoms with Crippen LogP contribution in [0.25, 0.3) is 6.08 Å². The van der Waals surface area contributed by atoms with Crippen molar-refractivity contribution in [2.24, 2.45) is 4.99 Å². The quantitative estimate of drug-likeness (QED) is 0.0845. The molecule has 238 valence electrons. The summed E-state index contributed by atoms with van der Waals surface area (Å²) in [6.07, 6.45) is -3.63. The van der Waals surface area contributed by atoms with Gasteiger partial charge >= 0.3 is 12.1 Å². The summed E-state index contributed by atoms with van der Waals surface area (Å²) in [5.41, 5.74) is -1.96. The van der Waals surface area contributed by atoms with Crippen LogP contribution < -0.4 is 19.6 Å². The number of carbonyl (C=O) groups is 1. The minimum Gasteiger partial charge on any atom is -0.487 e. The van der Waals surface area contributed by atoms with E-state index in [0.29, 0.717) is 41.8 Å². The number of esters is 1. The van der Waals surface area contributed by atoms with E-state index in [1.54, 1.807) is 6.07 Å². The predicted octanol–water partition coefficient (Wildman–Crippen LogP) is 6.74. The standard InChI is InChI=1S/C30H19Cl2F3IN3O6S/c1-2-44-28(41)23-24(16-5-7-18(31)8-6-16)38-27(40)22(46-29(38)37-26(23)30(33,34)35)12-17-11-19(32)13-21(36)25(17)45-14-15-3-9-20(10-4-15)39(42)43/h3-13,24H,2,14H2,1H3/b22-12-/t24-/m0/s1. The van der Waals surface area contributed by atoms with Crippen molar-refractivity contribution in [3.63, 3.8) is 0 Å². The molecule has 0 saturated carbocycles. The molecule has 0 bridgehead atoms. The van der Waals surface area contributed by atoms with Crippen molar-refractivity contribution in [1.82, 2.24) is 4.57 Å². The van der Waals surface area contributed by atoms with E-state index < -0.39 is 39.9 Å². The van der Waals surface area contributed by atoms with Crippen LogP contribution in [-0.2, 0) is 16.1 Å². The average Bonchev–Trinajstić information content (AvgIpc) is 3.30. The molecule has 1 atom stereocenters. The van der Waals surface area contributed by atoms with Crippen LogP contribution in [0.3, 0.4) is 0 Å². The fourth-order valence-corrected chi connectivity index (χ4v) is 6.98. The lowest BCUT2D eigenvalue weighted by molar-refractivity contribution is -0.384. The second-order valence-electron chi connectivity index (χ2n) is 9.63. The summed E-state index contributed by atoms with van der Waals surface area (Å²) in [5, 5.41) is 11.6. The average molecular weight is 804 g/mol. The van der Waals surface area contributed by atoms with Gasteiger partial charge < -0.3 is 9.47 Å². The third-order valence-electron chi connectivity index (χ3n) is 6.63. The number of nitrogens with zero attached hydrogens (tertiary/aromatic N) is 3. The van der Waals surface area contributed by atoms with Crippen LogP contribution in [0.15, 0.2) is 81.7 Å². The van der Waals surface area contributed by atoms with Gasteiger partial charge in [0, 0.05) is 27.7 Å². The molecule has 9 nitrogen and oxygen atoms in total. The number of allylic oxidation sites excluding steroid dienone is 1.